The summed E-state index contributed by atoms with van der Waals surface area (Å²) in [5, 5.41) is 2.08. The molecule has 0 unspecified atom stereocenters. The number of likely N-dealkylation sites (tertiary alicyclic amines) is 1. The summed E-state index contributed by atoms with van der Waals surface area (Å²) in [5.41, 5.74) is 1.90. The summed E-state index contributed by atoms with van der Waals surface area (Å²) in [5.74, 6) is 0.608. The maximum atomic E-state index is 12.5. The van der Waals surface area contributed by atoms with E-state index in [4.69, 9.17) is 4.98 Å². The smallest absolute Gasteiger partial charge is 0.227 e. The Balaban J connectivity index is 1.39. The van der Waals surface area contributed by atoms with Gasteiger partial charge >= 0.3 is 0 Å². The Morgan fingerprint density at radius 1 is 1.24 bits per heavy atom. The van der Waals surface area contributed by atoms with Crippen LogP contribution in [0.15, 0.2) is 36.7 Å². The number of fused-ring (bicyclic) bond motifs is 1. The molecule has 0 saturated carbocycles. The van der Waals surface area contributed by atoms with E-state index in [9.17, 15) is 4.79 Å². The molecule has 1 aliphatic heterocycles. The molecule has 1 aliphatic rings. The maximum absolute atomic E-state index is 12.5. The summed E-state index contributed by atoms with van der Waals surface area (Å²) >= 11 is 1.60. The number of thiazole rings is 1. The van der Waals surface area contributed by atoms with Crippen molar-refractivity contribution in [2.45, 2.75) is 32.1 Å². The number of piperidine rings is 1. The molecule has 4 heterocycles. The number of hydrogen-bond donors (Lipinski definition) is 0. The van der Waals surface area contributed by atoms with Gasteiger partial charge in [-0.25, -0.2) is 15.0 Å². The molecule has 128 valence electrons. The summed E-state index contributed by atoms with van der Waals surface area (Å²) in [6, 6.07) is 8.15. The monoisotopic (exact) mass is 352 g/mol. The largest absolute Gasteiger partial charge is 0.342 e. The quantitative estimate of drug-likeness (QED) is 0.725. The minimum Gasteiger partial charge on any atom is -0.342 e. The fourth-order valence-electron chi connectivity index (χ4n) is 3.37. The SMILES string of the molecule is Cc1ncc(CC(=O)N2CCC(c3ccc4cccnc4n3)CC2)s1. The number of amides is 1. The van der Waals surface area contributed by atoms with Crippen LogP contribution in [0.4, 0.5) is 0 Å². The minimum absolute atomic E-state index is 0.204. The van der Waals surface area contributed by atoms with Crippen molar-refractivity contribution >= 4 is 28.3 Å². The van der Waals surface area contributed by atoms with Gasteiger partial charge < -0.3 is 4.90 Å². The maximum Gasteiger partial charge on any atom is 0.227 e. The van der Waals surface area contributed by atoms with Gasteiger partial charge in [0.25, 0.3) is 0 Å². The Bertz CT molecular complexity index is 899. The first-order valence-electron chi connectivity index (χ1n) is 8.60. The average molecular weight is 352 g/mol. The van der Waals surface area contributed by atoms with Crippen LogP contribution in [0.1, 0.15) is 34.3 Å². The third kappa shape index (κ3) is 3.54. The van der Waals surface area contributed by atoms with E-state index in [2.05, 4.69) is 22.1 Å². The van der Waals surface area contributed by atoms with Crippen LogP contribution in [0.2, 0.25) is 0 Å². The van der Waals surface area contributed by atoms with Gasteiger partial charge in [0.15, 0.2) is 5.65 Å². The topological polar surface area (TPSA) is 59.0 Å². The van der Waals surface area contributed by atoms with Crippen LogP contribution in [0.25, 0.3) is 11.0 Å². The molecule has 0 N–H and O–H groups in total. The molecule has 3 aromatic rings. The fraction of sp³-hybridized carbons (Fsp3) is 0.368. The molecule has 6 heteroatoms. The van der Waals surface area contributed by atoms with E-state index in [1.165, 1.54) is 0 Å². The Hall–Kier alpha value is -2.34. The minimum atomic E-state index is 0.204. The summed E-state index contributed by atoms with van der Waals surface area (Å²) in [4.78, 5) is 28.8. The Morgan fingerprint density at radius 3 is 2.84 bits per heavy atom. The van der Waals surface area contributed by atoms with E-state index in [-0.39, 0.29) is 5.91 Å². The highest BCUT2D eigenvalue weighted by Crippen LogP contribution is 2.28. The predicted molar refractivity (Wildman–Crippen MR) is 98.6 cm³/mol. The summed E-state index contributed by atoms with van der Waals surface area (Å²) < 4.78 is 0. The second-order valence-electron chi connectivity index (χ2n) is 6.46. The standard InChI is InChI=1S/C19H20N4OS/c1-13-21-12-16(25-13)11-18(24)23-9-6-14(7-10-23)17-5-4-15-3-2-8-20-19(15)22-17/h2-5,8,12,14H,6-7,9-11H2,1H3. The molecule has 1 amide bonds. The normalized spacial score (nSPS) is 15.6. The molecule has 25 heavy (non-hydrogen) atoms. The fourth-order valence-corrected chi connectivity index (χ4v) is 4.15. The van der Waals surface area contributed by atoms with Crippen LogP contribution in [0.5, 0.6) is 0 Å². The number of carbonyl (C=O) groups is 1. The van der Waals surface area contributed by atoms with Crippen molar-refractivity contribution in [3.8, 4) is 0 Å². The second-order valence-corrected chi connectivity index (χ2v) is 7.78. The van der Waals surface area contributed by atoms with E-state index in [1.807, 2.05) is 30.2 Å². The van der Waals surface area contributed by atoms with Crippen LogP contribution >= 0.6 is 11.3 Å². The molecule has 1 fully saturated rings. The number of pyridine rings is 2. The van der Waals surface area contributed by atoms with Gasteiger partial charge in [-0.15, -0.1) is 11.3 Å². The van der Waals surface area contributed by atoms with Crippen molar-refractivity contribution in [2.75, 3.05) is 13.1 Å². The highest BCUT2D eigenvalue weighted by atomic mass is 32.1. The zero-order chi connectivity index (χ0) is 17.2. The number of hydrogen-bond acceptors (Lipinski definition) is 5. The molecular formula is C19H20N4OS. The van der Waals surface area contributed by atoms with Gasteiger partial charge in [0.1, 0.15) is 0 Å². The van der Waals surface area contributed by atoms with Crippen molar-refractivity contribution in [2.24, 2.45) is 0 Å². The zero-order valence-corrected chi connectivity index (χ0v) is 15.0. The predicted octanol–water partition coefficient (Wildman–Crippen LogP) is 3.34. The molecule has 0 bridgehead atoms. The van der Waals surface area contributed by atoms with E-state index in [0.717, 1.165) is 52.5 Å². The average Bonchev–Trinajstić information content (AvgIpc) is 3.06. The van der Waals surface area contributed by atoms with Crippen LogP contribution < -0.4 is 0 Å². The van der Waals surface area contributed by atoms with Gasteiger partial charge in [0.2, 0.25) is 5.91 Å². The van der Waals surface area contributed by atoms with Crippen LogP contribution in [0.3, 0.4) is 0 Å². The van der Waals surface area contributed by atoms with E-state index >= 15 is 0 Å². The van der Waals surface area contributed by atoms with Crippen LogP contribution in [-0.2, 0) is 11.2 Å². The highest BCUT2D eigenvalue weighted by molar-refractivity contribution is 7.11. The molecule has 1 saturated heterocycles. The van der Waals surface area contributed by atoms with Gasteiger partial charge in [-0.05, 0) is 44.0 Å². The molecule has 3 aromatic heterocycles. The lowest BCUT2D eigenvalue weighted by Crippen LogP contribution is -2.38. The molecule has 5 nitrogen and oxygen atoms in total. The van der Waals surface area contributed by atoms with Crippen LogP contribution in [-0.4, -0.2) is 38.8 Å². The van der Waals surface area contributed by atoms with Crippen molar-refractivity contribution in [3.63, 3.8) is 0 Å². The zero-order valence-electron chi connectivity index (χ0n) is 14.2. The lowest BCUT2D eigenvalue weighted by molar-refractivity contribution is -0.131. The second kappa shape index (κ2) is 6.88. The Labute approximate surface area is 150 Å². The summed E-state index contributed by atoms with van der Waals surface area (Å²) in [7, 11) is 0. The summed E-state index contributed by atoms with van der Waals surface area (Å²) in [6.45, 7) is 3.56. The molecule has 0 atom stereocenters. The number of nitrogens with zero attached hydrogens (tertiary/aromatic N) is 4. The van der Waals surface area contributed by atoms with Crippen molar-refractivity contribution in [1.29, 1.82) is 0 Å². The molecule has 0 aromatic carbocycles. The van der Waals surface area contributed by atoms with Crippen LogP contribution in [0, 0.1) is 6.92 Å². The molecule has 0 spiro atoms. The lowest BCUT2D eigenvalue weighted by Gasteiger charge is -2.31. The Morgan fingerprint density at radius 2 is 2.08 bits per heavy atom. The van der Waals surface area contributed by atoms with E-state index in [0.29, 0.717) is 12.3 Å². The molecule has 0 radical (unpaired) electrons. The van der Waals surface area contributed by atoms with E-state index < -0.39 is 0 Å². The number of rotatable bonds is 3. The van der Waals surface area contributed by atoms with Crippen molar-refractivity contribution < 1.29 is 4.79 Å². The van der Waals surface area contributed by atoms with Gasteiger partial charge in [-0.3, -0.25) is 4.79 Å². The third-order valence-electron chi connectivity index (χ3n) is 4.75. The van der Waals surface area contributed by atoms with E-state index in [1.54, 1.807) is 17.5 Å². The van der Waals surface area contributed by atoms with Gasteiger partial charge in [0.05, 0.1) is 11.4 Å². The van der Waals surface area contributed by atoms with Crippen molar-refractivity contribution in [3.05, 3.63) is 52.2 Å². The van der Waals surface area contributed by atoms with Gasteiger partial charge in [-0.1, -0.05) is 0 Å². The molecular weight excluding hydrogens is 332 g/mol. The lowest BCUT2D eigenvalue weighted by atomic mass is 9.92. The van der Waals surface area contributed by atoms with Crippen molar-refractivity contribution in [1.82, 2.24) is 19.9 Å². The van der Waals surface area contributed by atoms with Gasteiger partial charge in [-0.2, -0.15) is 0 Å². The number of aryl methyl sites for hydroxylation is 1. The third-order valence-corrected chi connectivity index (χ3v) is 5.66. The first-order valence-corrected chi connectivity index (χ1v) is 9.41. The molecule has 0 aliphatic carbocycles. The first kappa shape index (κ1) is 16.1. The summed E-state index contributed by atoms with van der Waals surface area (Å²) in [6.07, 6.45) is 5.98. The number of carbonyl (C=O) groups excluding carboxylic acids is 1. The first-order chi connectivity index (χ1) is 12.2. The Kier molecular flexibility index (Phi) is 4.44. The highest BCUT2D eigenvalue weighted by Gasteiger charge is 2.25. The van der Waals surface area contributed by atoms with Gasteiger partial charge in [0, 0.05) is 47.4 Å². The number of aromatic nitrogens is 3. The molecule has 4 rings (SSSR count).